The molecule has 2 heteroatoms. The molecular weight excluding hydrogens is 164 g/mol. The third-order valence-corrected chi connectivity index (χ3v) is 3.10. The van der Waals surface area contributed by atoms with Gasteiger partial charge in [0, 0.05) is 11.5 Å². The van der Waals surface area contributed by atoms with E-state index in [9.17, 15) is 4.79 Å². The number of hydrogen-bond donors (Lipinski definition) is 1. The highest BCUT2D eigenvalue weighted by Gasteiger charge is 2.37. The van der Waals surface area contributed by atoms with Crippen molar-refractivity contribution in [1.29, 1.82) is 0 Å². The molecule has 1 aliphatic rings. The Balaban J connectivity index is 2.77. The van der Waals surface area contributed by atoms with Crippen LogP contribution in [0.1, 0.15) is 46.0 Å². The van der Waals surface area contributed by atoms with E-state index in [0.29, 0.717) is 0 Å². The fraction of sp³-hybridized carbons (Fsp3) is 0.727. The molecule has 0 spiro atoms. The van der Waals surface area contributed by atoms with Crippen LogP contribution < -0.4 is 0 Å². The van der Waals surface area contributed by atoms with E-state index < -0.39 is 0 Å². The van der Waals surface area contributed by atoms with E-state index >= 15 is 0 Å². The number of aliphatic hydroxyl groups excluding tert-OH is 1. The Morgan fingerprint density at radius 2 is 2.00 bits per heavy atom. The van der Waals surface area contributed by atoms with E-state index in [1.807, 2.05) is 0 Å². The summed E-state index contributed by atoms with van der Waals surface area (Å²) in [5.41, 5.74) is -0.149. The van der Waals surface area contributed by atoms with Gasteiger partial charge in [-0.3, -0.25) is 4.79 Å². The summed E-state index contributed by atoms with van der Waals surface area (Å²) in [4.78, 5) is 11.8. The van der Waals surface area contributed by atoms with Gasteiger partial charge in [0.25, 0.3) is 0 Å². The van der Waals surface area contributed by atoms with Crippen LogP contribution in [0.2, 0.25) is 0 Å². The number of hydrogen-bond acceptors (Lipinski definition) is 2. The normalized spacial score (nSPS) is 21.8. The van der Waals surface area contributed by atoms with Crippen LogP contribution in [0.5, 0.6) is 0 Å². The molecule has 13 heavy (non-hydrogen) atoms. The zero-order valence-electron chi connectivity index (χ0n) is 8.47. The highest BCUT2D eigenvalue weighted by molar-refractivity contribution is 5.95. The molecule has 0 radical (unpaired) electrons. The number of aliphatic hydroxyl groups is 1. The largest absolute Gasteiger partial charge is 0.512 e. The molecule has 1 rings (SSSR count). The first kappa shape index (κ1) is 10.3. The maximum Gasteiger partial charge on any atom is 0.165 e. The second-order valence-electron chi connectivity index (χ2n) is 3.99. The van der Waals surface area contributed by atoms with Crippen LogP contribution in [-0.2, 0) is 4.79 Å². The van der Waals surface area contributed by atoms with Crippen molar-refractivity contribution in [2.24, 2.45) is 5.41 Å². The molecule has 1 aliphatic carbocycles. The van der Waals surface area contributed by atoms with Gasteiger partial charge in [-0.1, -0.05) is 19.8 Å². The predicted octanol–water partition coefficient (Wildman–Crippen LogP) is 2.99. The zero-order valence-corrected chi connectivity index (χ0v) is 8.47. The van der Waals surface area contributed by atoms with Crippen LogP contribution in [0.4, 0.5) is 0 Å². The Morgan fingerprint density at radius 1 is 1.46 bits per heavy atom. The van der Waals surface area contributed by atoms with E-state index in [4.69, 9.17) is 5.11 Å². The van der Waals surface area contributed by atoms with Crippen molar-refractivity contribution in [2.45, 2.75) is 46.0 Å². The first-order valence-corrected chi connectivity index (χ1v) is 5.02. The van der Waals surface area contributed by atoms with E-state index in [1.165, 1.54) is 6.08 Å². The predicted molar refractivity (Wildman–Crippen MR) is 52.6 cm³/mol. The fourth-order valence-corrected chi connectivity index (χ4v) is 2.17. The summed E-state index contributed by atoms with van der Waals surface area (Å²) >= 11 is 0. The molecule has 0 saturated heterocycles. The Morgan fingerprint density at radius 3 is 2.38 bits per heavy atom. The molecule has 0 atom stereocenters. The fourth-order valence-electron chi connectivity index (χ4n) is 2.17. The molecule has 0 aromatic carbocycles. The Bertz CT molecular complexity index is 218. The highest BCUT2D eigenvalue weighted by Crippen LogP contribution is 2.42. The van der Waals surface area contributed by atoms with Gasteiger partial charge in [0.05, 0.1) is 5.76 Å². The number of carbonyl (C=O) groups excluding carboxylic acids is 1. The summed E-state index contributed by atoms with van der Waals surface area (Å²) in [6.45, 7) is 3.61. The lowest BCUT2D eigenvalue weighted by molar-refractivity contribution is -0.123. The summed E-state index contributed by atoms with van der Waals surface area (Å²) in [7, 11) is 0. The molecule has 74 valence electrons. The van der Waals surface area contributed by atoms with Gasteiger partial charge in [-0.2, -0.15) is 0 Å². The Kier molecular flexibility index (Phi) is 3.12. The van der Waals surface area contributed by atoms with Crippen LogP contribution in [0.25, 0.3) is 0 Å². The van der Waals surface area contributed by atoms with E-state index in [1.54, 1.807) is 6.92 Å². The topological polar surface area (TPSA) is 37.3 Å². The van der Waals surface area contributed by atoms with Crippen molar-refractivity contribution in [3.8, 4) is 0 Å². The van der Waals surface area contributed by atoms with Gasteiger partial charge >= 0.3 is 0 Å². The average Bonchev–Trinajstić information content (AvgIpc) is 2.51. The molecule has 1 saturated carbocycles. The number of ketones is 1. The molecule has 0 aliphatic heterocycles. The molecule has 0 amide bonds. The van der Waals surface area contributed by atoms with E-state index in [-0.39, 0.29) is 17.0 Å². The first-order chi connectivity index (χ1) is 6.10. The van der Waals surface area contributed by atoms with Crippen LogP contribution in [0.3, 0.4) is 0 Å². The molecule has 2 nitrogen and oxygen atoms in total. The molecular formula is C11H18O2. The minimum absolute atomic E-state index is 0.118. The average molecular weight is 182 g/mol. The molecule has 0 unspecified atom stereocenters. The highest BCUT2D eigenvalue weighted by atomic mass is 16.3. The lowest BCUT2D eigenvalue weighted by Crippen LogP contribution is -2.25. The third kappa shape index (κ3) is 2.11. The summed E-state index contributed by atoms with van der Waals surface area (Å²) in [6.07, 6.45) is 6.57. The lowest BCUT2D eigenvalue weighted by Gasteiger charge is -2.23. The SMILES string of the molecule is CCC1(C(=O)/C=C(/C)O)CCCC1. The number of allylic oxidation sites excluding steroid dienone is 2. The summed E-state index contributed by atoms with van der Waals surface area (Å²) in [5.74, 6) is 0.247. The Hall–Kier alpha value is -0.790. The Labute approximate surface area is 79.6 Å². The van der Waals surface area contributed by atoms with Crippen molar-refractivity contribution in [1.82, 2.24) is 0 Å². The van der Waals surface area contributed by atoms with Gasteiger partial charge in [0.2, 0.25) is 0 Å². The minimum Gasteiger partial charge on any atom is -0.512 e. The van der Waals surface area contributed by atoms with Crippen LogP contribution in [-0.4, -0.2) is 10.9 Å². The second-order valence-corrected chi connectivity index (χ2v) is 3.99. The van der Waals surface area contributed by atoms with Gasteiger partial charge < -0.3 is 5.11 Å². The monoisotopic (exact) mass is 182 g/mol. The van der Waals surface area contributed by atoms with Crippen molar-refractivity contribution in [3.05, 3.63) is 11.8 Å². The van der Waals surface area contributed by atoms with Crippen LogP contribution in [0, 0.1) is 5.41 Å². The number of carbonyl (C=O) groups is 1. The zero-order chi connectivity index (χ0) is 9.90. The van der Waals surface area contributed by atoms with Crippen LogP contribution >= 0.6 is 0 Å². The molecule has 1 fully saturated rings. The van der Waals surface area contributed by atoms with Crippen molar-refractivity contribution in [2.75, 3.05) is 0 Å². The smallest absolute Gasteiger partial charge is 0.165 e. The maximum atomic E-state index is 11.8. The standard InChI is InChI=1S/C11H18O2/c1-3-11(6-4-5-7-11)10(13)8-9(2)12/h8,12H,3-7H2,1-2H3/b9-8-. The van der Waals surface area contributed by atoms with E-state index in [2.05, 4.69) is 6.92 Å². The van der Waals surface area contributed by atoms with Crippen molar-refractivity contribution < 1.29 is 9.90 Å². The number of rotatable bonds is 3. The molecule has 0 aromatic rings. The van der Waals surface area contributed by atoms with Gasteiger partial charge in [0.1, 0.15) is 0 Å². The van der Waals surface area contributed by atoms with Gasteiger partial charge in [-0.25, -0.2) is 0 Å². The molecule has 1 N–H and O–H groups in total. The summed E-state index contributed by atoms with van der Waals surface area (Å²) in [6, 6.07) is 0. The molecule has 0 bridgehead atoms. The first-order valence-electron chi connectivity index (χ1n) is 5.02. The van der Waals surface area contributed by atoms with Crippen molar-refractivity contribution in [3.63, 3.8) is 0 Å². The van der Waals surface area contributed by atoms with Gasteiger partial charge in [0.15, 0.2) is 5.78 Å². The maximum absolute atomic E-state index is 11.8. The summed E-state index contributed by atoms with van der Waals surface area (Å²) < 4.78 is 0. The molecule has 0 heterocycles. The quantitative estimate of drug-likeness (QED) is 0.538. The second kappa shape index (κ2) is 3.95. The van der Waals surface area contributed by atoms with Gasteiger partial charge in [-0.05, 0) is 26.2 Å². The lowest BCUT2D eigenvalue weighted by atomic mass is 9.79. The van der Waals surface area contributed by atoms with Crippen molar-refractivity contribution >= 4 is 5.78 Å². The molecule has 0 aromatic heterocycles. The minimum atomic E-state index is -0.149. The van der Waals surface area contributed by atoms with Crippen LogP contribution in [0.15, 0.2) is 11.8 Å². The van der Waals surface area contributed by atoms with Gasteiger partial charge in [-0.15, -0.1) is 0 Å². The third-order valence-electron chi connectivity index (χ3n) is 3.10. The van der Waals surface area contributed by atoms with E-state index in [0.717, 1.165) is 32.1 Å². The summed E-state index contributed by atoms with van der Waals surface area (Å²) in [5, 5.41) is 9.03.